The van der Waals surface area contributed by atoms with Crippen molar-refractivity contribution in [3.63, 3.8) is 0 Å². The van der Waals surface area contributed by atoms with Crippen LogP contribution in [0.1, 0.15) is 13.3 Å². The second-order valence-electron chi connectivity index (χ2n) is 3.30. The van der Waals surface area contributed by atoms with Gasteiger partial charge >= 0.3 is 12.0 Å². The fourth-order valence-corrected chi connectivity index (χ4v) is 1.35. The zero-order chi connectivity index (χ0) is 11.4. The normalized spacial score (nSPS) is 19.7. The number of anilines is 1. The summed E-state index contributed by atoms with van der Waals surface area (Å²) in [6.07, 6.45) is 0.812. The Hall–Kier alpha value is -1.63. The average molecular weight is 226 g/mol. The van der Waals surface area contributed by atoms with Crippen molar-refractivity contribution < 1.29 is 14.2 Å². The summed E-state index contributed by atoms with van der Waals surface area (Å²) in [5.41, 5.74) is 5.51. The van der Waals surface area contributed by atoms with E-state index in [0.29, 0.717) is 19.8 Å². The van der Waals surface area contributed by atoms with E-state index in [-0.39, 0.29) is 24.1 Å². The first kappa shape index (κ1) is 10.9. The van der Waals surface area contributed by atoms with Gasteiger partial charge in [-0.3, -0.25) is 0 Å². The van der Waals surface area contributed by atoms with Gasteiger partial charge in [0.05, 0.1) is 19.8 Å². The molecule has 1 aromatic heterocycles. The van der Waals surface area contributed by atoms with Crippen LogP contribution in [-0.2, 0) is 4.74 Å². The maximum atomic E-state index is 5.51. The number of ether oxygens (including phenoxy) is 3. The Morgan fingerprint density at radius 3 is 2.88 bits per heavy atom. The van der Waals surface area contributed by atoms with E-state index in [9.17, 15) is 0 Å². The van der Waals surface area contributed by atoms with Gasteiger partial charge in [0.1, 0.15) is 6.10 Å². The standard InChI is InChI=1S/C9H14N4O3/c1-2-15-8-11-7(10)12-9(13-8)16-6-3-4-14-5-6/h6H,2-5H2,1H3,(H2,10,11,12,13). The van der Waals surface area contributed by atoms with Gasteiger partial charge in [-0.2, -0.15) is 9.97 Å². The molecule has 7 nitrogen and oxygen atoms in total. The van der Waals surface area contributed by atoms with Crippen molar-refractivity contribution in [2.75, 3.05) is 25.6 Å². The molecule has 0 amide bonds. The van der Waals surface area contributed by atoms with Crippen LogP contribution >= 0.6 is 0 Å². The van der Waals surface area contributed by atoms with Crippen molar-refractivity contribution >= 4 is 5.95 Å². The number of nitrogens with zero attached hydrogens (tertiary/aromatic N) is 3. The van der Waals surface area contributed by atoms with Crippen LogP contribution in [0.2, 0.25) is 0 Å². The van der Waals surface area contributed by atoms with Crippen molar-refractivity contribution in [3.05, 3.63) is 0 Å². The quantitative estimate of drug-likeness (QED) is 0.773. The number of hydrogen-bond acceptors (Lipinski definition) is 7. The Morgan fingerprint density at radius 1 is 1.38 bits per heavy atom. The summed E-state index contributed by atoms with van der Waals surface area (Å²) in [6.45, 7) is 3.56. The van der Waals surface area contributed by atoms with Crippen molar-refractivity contribution in [1.82, 2.24) is 15.0 Å². The molecule has 0 bridgehead atoms. The third-order valence-corrected chi connectivity index (χ3v) is 2.05. The fourth-order valence-electron chi connectivity index (χ4n) is 1.35. The Bertz CT molecular complexity index is 355. The van der Waals surface area contributed by atoms with Gasteiger partial charge in [-0.05, 0) is 6.92 Å². The molecule has 88 valence electrons. The van der Waals surface area contributed by atoms with E-state index in [0.717, 1.165) is 6.42 Å². The summed E-state index contributed by atoms with van der Waals surface area (Å²) in [7, 11) is 0. The smallest absolute Gasteiger partial charge is 0.324 e. The molecule has 0 saturated carbocycles. The lowest BCUT2D eigenvalue weighted by Crippen LogP contribution is -2.18. The predicted octanol–water partition coefficient (Wildman–Crippen LogP) is 0.0202. The summed E-state index contributed by atoms with van der Waals surface area (Å²) in [5, 5.41) is 0. The highest BCUT2D eigenvalue weighted by atomic mass is 16.6. The fraction of sp³-hybridized carbons (Fsp3) is 0.667. The number of rotatable bonds is 4. The Morgan fingerprint density at radius 2 is 2.19 bits per heavy atom. The Kier molecular flexibility index (Phi) is 3.35. The van der Waals surface area contributed by atoms with Crippen molar-refractivity contribution in [2.45, 2.75) is 19.4 Å². The largest absolute Gasteiger partial charge is 0.464 e. The lowest BCUT2D eigenvalue weighted by Gasteiger charge is -2.10. The van der Waals surface area contributed by atoms with Gasteiger partial charge in [0.2, 0.25) is 5.95 Å². The SMILES string of the molecule is CCOc1nc(N)nc(OC2CCOC2)n1. The highest BCUT2D eigenvalue weighted by molar-refractivity contribution is 5.20. The summed E-state index contributed by atoms with van der Waals surface area (Å²) < 4.78 is 15.8. The lowest BCUT2D eigenvalue weighted by molar-refractivity contribution is 0.133. The molecule has 1 unspecified atom stereocenters. The lowest BCUT2D eigenvalue weighted by atomic mass is 10.3. The molecule has 1 aliphatic rings. The summed E-state index contributed by atoms with van der Waals surface area (Å²) in [5.74, 6) is 0.0902. The molecule has 1 fully saturated rings. The van der Waals surface area contributed by atoms with E-state index in [2.05, 4.69) is 15.0 Å². The van der Waals surface area contributed by atoms with Gasteiger partial charge in [0.25, 0.3) is 0 Å². The number of hydrogen-bond donors (Lipinski definition) is 1. The van der Waals surface area contributed by atoms with Crippen LogP contribution in [0.15, 0.2) is 0 Å². The topological polar surface area (TPSA) is 92.4 Å². The molecule has 16 heavy (non-hydrogen) atoms. The minimum Gasteiger partial charge on any atom is -0.464 e. The van der Waals surface area contributed by atoms with E-state index in [1.807, 2.05) is 6.92 Å². The van der Waals surface area contributed by atoms with Gasteiger partial charge in [0.15, 0.2) is 0 Å². The molecule has 7 heteroatoms. The summed E-state index contributed by atoms with van der Waals surface area (Å²) >= 11 is 0. The van der Waals surface area contributed by atoms with E-state index in [1.54, 1.807) is 0 Å². The van der Waals surface area contributed by atoms with Crippen molar-refractivity contribution in [2.24, 2.45) is 0 Å². The van der Waals surface area contributed by atoms with Crippen LogP contribution in [0.25, 0.3) is 0 Å². The average Bonchev–Trinajstić information content (AvgIpc) is 2.70. The van der Waals surface area contributed by atoms with Crippen LogP contribution < -0.4 is 15.2 Å². The molecule has 0 aliphatic carbocycles. The molecular weight excluding hydrogens is 212 g/mol. The van der Waals surface area contributed by atoms with Crippen LogP contribution in [0.4, 0.5) is 5.95 Å². The highest BCUT2D eigenvalue weighted by Crippen LogP contribution is 2.15. The second kappa shape index (κ2) is 4.93. The van der Waals surface area contributed by atoms with Crippen LogP contribution in [0.5, 0.6) is 12.0 Å². The van der Waals surface area contributed by atoms with E-state index in [1.165, 1.54) is 0 Å². The minimum absolute atomic E-state index is 0.0173. The molecule has 1 aromatic rings. The molecule has 2 rings (SSSR count). The third-order valence-electron chi connectivity index (χ3n) is 2.05. The first-order chi connectivity index (χ1) is 7.78. The number of nitrogens with two attached hydrogens (primary N) is 1. The zero-order valence-corrected chi connectivity index (χ0v) is 9.05. The zero-order valence-electron chi connectivity index (χ0n) is 9.05. The van der Waals surface area contributed by atoms with E-state index >= 15 is 0 Å². The van der Waals surface area contributed by atoms with Crippen LogP contribution in [0, 0.1) is 0 Å². The Labute approximate surface area is 93.0 Å². The van der Waals surface area contributed by atoms with Gasteiger partial charge in [-0.1, -0.05) is 0 Å². The van der Waals surface area contributed by atoms with Gasteiger partial charge in [-0.25, -0.2) is 0 Å². The summed E-state index contributed by atoms with van der Waals surface area (Å²) in [4.78, 5) is 11.7. The third kappa shape index (κ3) is 2.69. The molecule has 1 atom stereocenters. The van der Waals surface area contributed by atoms with Crippen LogP contribution in [0.3, 0.4) is 0 Å². The van der Waals surface area contributed by atoms with E-state index < -0.39 is 0 Å². The second-order valence-corrected chi connectivity index (χ2v) is 3.30. The molecular formula is C9H14N4O3. The van der Waals surface area contributed by atoms with E-state index in [4.69, 9.17) is 19.9 Å². The first-order valence-electron chi connectivity index (χ1n) is 5.16. The minimum atomic E-state index is -0.0173. The van der Waals surface area contributed by atoms with Crippen molar-refractivity contribution in [3.8, 4) is 12.0 Å². The molecule has 0 aromatic carbocycles. The molecule has 0 spiro atoms. The maximum Gasteiger partial charge on any atom is 0.324 e. The maximum absolute atomic E-state index is 5.51. The monoisotopic (exact) mass is 226 g/mol. The number of nitrogen functional groups attached to an aromatic ring is 1. The summed E-state index contributed by atoms with van der Waals surface area (Å²) in [6, 6.07) is 0.371. The van der Waals surface area contributed by atoms with Crippen LogP contribution in [-0.4, -0.2) is 40.9 Å². The molecule has 2 N–H and O–H groups in total. The molecule has 0 radical (unpaired) electrons. The Balaban J connectivity index is 2.06. The first-order valence-corrected chi connectivity index (χ1v) is 5.16. The highest BCUT2D eigenvalue weighted by Gasteiger charge is 2.19. The van der Waals surface area contributed by atoms with Gasteiger partial charge in [-0.15, -0.1) is 4.98 Å². The molecule has 2 heterocycles. The van der Waals surface area contributed by atoms with Gasteiger partial charge < -0.3 is 19.9 Å². The predicted molar refractivity (Wildman–Crippen MR) is 55.3 cm³/mol. The molecule has 1 saturated heterocycles. The number of aromatic nitrogens is 3. The van der Waals surface area contributed by atoms with Crippen molar-refractivity contribution in [1.29, 1.82) is 0 Å². The van der Waals surface area contributed by atoms with Gasteiger partial charge in [0, 0.05) is 6.42 Å². The molecule has 1 aliphatic heterocycles.